The van der Waals surface area contributed by atoms with Crippen molar-refractivity contribution in [3.8, 4) is 5.75 Å². The molecule has 14 heavy (non-hydrogen) atoms. The number of nitrogens with zero attached hydrogens (tertiary/aromatic N) is 1. The predicted octanol–water partition coefficient (Wildman–Crippen LogP) is 2.60. The maximum atomic E-state index is 12.3. The van der Waals surface area contributed by atoms with E-state index in [2.05, 4.69) is 20.9 Å². The largest absolute Gasteiger partial charge is 0.495 e. The normalized spacial score (nSPS) is 10.4. The summed E-state index contributed by atoms with van der Waals surface area (Å²) < 4.78 is 29.6. The number of methoxy groups -OCH3 is 1. The van der Waals surface area contributed by atoms with Crippen molar-refractivity contribution in [2.24, 2.45) is 0 Å². The van der Waals surface area contributed by atoms with Gasteiger partial charge in [-0.15, -0.1) is 0 Å². The highest BCUT2D eigenvalue weighted by atomic mass is 79.9. The number of carbonyl (C=O) groups is 1. The molecule has 0 aromatic carbocycles. The van der Waals surface area contributed by atoms with E-state index in [1.807, 2.05) is 0 Å². The Labute approximate surface area is 87.2 Å². The zero-order valence-electron chi connectivity index (χ0n) is 7.13. The summed E-state index contributed by atoms with van der Waals surface area (Å²) in [7, 11) is 1.32. The zero-order chi connectivity index (χ0) is 10.7. The van der Waals surface area contributed by atoms with Crippen molar-refractivity contribution in [2.75, 3.05) is 7.11 Å². The van der Waals surface area contributed by atoms with Gasteiger partial charge < -0.3 is 4.74 Å². The summed E-state index contributed by atoms with van der Waals surface area (Å²) in [6, 6.07) is 1.09. The summed E-state index contributed by atoms with van der Waals surface area (Å²) in [5.74, 6) is 0.164. The van der Waals surface area contributed by atoms with Gasteiger partial charge in [0, 0.05) is 6.07 Å². The number of aldehydes is 1. The third-order valence-corrected chi connectivity index (χ3v) is 2.32. The van der Waals surface area contributed by atoms with Gasteiger partial charge in [0.15, 0.2) is 6.29 Å². The van der Waals surface area contributed by atoms with Gasteiger partial charge in [-0.25, -0.2) is 13.8 Å². The number of carbonyl (C=O) groups excluding carboxylic acids is 1. The molecular formula is C8H6BrF2NO2. The lowest BCUT2D eigenvalue weighted by Crippen LogP contribution is -1.99. The van der Waals surface area contributed by atoms with Crippen molar-refractivity contribution in [2.45, 2.75) is 6.43 Å². The number of alkyl halides is 2. The molecule has 76 valence electrons. The van der Waals surface area contributed by atoms with E-state index in [1.54, 1.807) is 0 Å². The zero-order valence-corrected chi connectivity index (χ0v) is 8.72. The van der Waals surface area contributed by atoms with E-state index in [4.69, 9.17) is 4.74 Å². The SMILES string of the molecule is COc1cc(C(F)F)nc(C=O)c1Br. The van der Waals surface area contributed by atoms with Crippen molar-refractivity contribution in [3.05, 3.63) is 21.9 Å². The molecule has 3 nitrogen and oxygen atoms in total. The molecule has 0 fully saturated rings. The van der Waals surface area contributed by atoms with Gasteiger partial charge in [0.25, 0.3) is 6.43 Å². The Morgan fingerprint density at radius 1 is 1.64 bits per heavy atom. The molecule has 0 amide bonds. The van der Waals surface area contributed by atoms with Crippen LogP contribution in [0.15, 0.2) is 10.5 Å². The summed E-state index contributed by atoms with van der Waals surface area (Å²) in [4.78, 5) is 13.9. The van der Waals surface area contributed by atoms with Crippen LogP contribution in [0.2, 0.25) is 0 Å². The Kier molecular flexibility index (Phi) is 3.51. The highest BCUT2D eigenvalue weighted by Crippen LogP contribution is 2.30. The molecule has 1 heterocycles. The molecule has 0 aliphatic rings. The van der Waals surface area contributed by atoms with Crippen molar-refractivity contribution < 1.29 is 18.3 Å². The van der Waals surface area contributed by atoms with Gasteiger partial charge in [0.2, 0.25) is 0 Å². The van der Waals surface area contributed by atoms with E-state index in [0.29, 0.717) is 6.29 Å². The van der Waals surface area contributed by atoms with E-state index in [0.717, 1.165) is 6.07 Å². The van der Waals surface area contributed by atoms with Crippen LogP contribution in [0.25, 0.3) is 0 Å². The molecule has 1 aromatic heterocycles. The van der Waals surface area contributed by atoms with Crippen LogP contribution >= 0.6 is 15.9 Å². The molecule has 0 saturated heterocycles. The molecule has 0 bridgehead atoms. The fourth-order valence-electron chi connectivity index (χ4n) is 0.883. The average molecular weight is 266 g/mol. The van der Waals surface area contributed by atoms with Crippen LogP contribution in [0.4, 0.5) is 8.78 Å². The topological polar surface area (TPSA) is 39.2 Å². The van der Waals surface area contributed by atoms with E-state index in [-0.39, 0.29) is 15.9 Å². The maximum Gasteiger partial charge on any atom is 0.280 e. The summed E-state index contributed by atoms with van der Waals surface area (Å²) in [5.41, 5.74) is -0.577. The second-order valence-electron chi connectivity index (χ2n) is 2.37. The monoisotopic (exact) mass is 265 g/mol. The van der Waals surface area contributed by atoms with E-state index < -0.39 is 12.1 Å². The number of hydrogen-bond acceptors (Lipinski definition) is 3. The number of hydrogen-bond donors (Lipinski definition) is 0. The van der Waals surface area contributed by atoms with Gasteiger partial charge in [0.05, 0.1) is 11.6 Å². The molecule has 0 unspecified atom stereocenters. The van der Waals surface area contributed by atoms with E-state index >= 15 is 0 Å². The Balaban J connectivity index is 3.31. The Hall–Kier alpha value is -1.04. The average Bonchev–Trinajstić information content (AvgIpc) is 2.17. The Morgan fingerprint density at radius 3 is 2.71 bits per heavy atom. The van der Waals surface area contributed by atoms with Crippen molar-refractivity contribution in [1.82, 2.24) is 4.98 Å². The summed E-state index contributed by atoms with van der Waals surface area (Å²) in [6.45, 7) is 0. The lowest BCUT2D eigenvalue weighted by atomic mass is 10.3. The fraction of sp³-hybridized carbons (Fsp3) is 0.250. The summed E-state index contributed by atoms with van der Waals surface area (Å²) in [5, 5.41) is 0. The van der Waals surface area contributed by atoms with Crippen LogP contribution in [-0.2, 0) is 0 Å². The quantitative estimate of drug-likeness (QED) is 0.789. The van der Waals surface area contributed by atoms with Gasteiger partial charge in [-0.05, 0) is 15.9 Å². The molecule has 0 radical (unpaired) electrons. The minimum absolute atomic E-state index is 0.0975. The maximum absolute atomic E-state index is 12.3. The number of pyridine rings is 1. The Morgan fingerprint density at radius 2 is 2.29 bits per heavy atom. The first kappa shape index (κ1) is 11.0. The van der Waals surface area contributed by atoms with Crippen LogP contribution in [0.1, 0.15) is 22.6 Å². The number of aromatic nitrogens is 1. The summed E-state index contributed by atoms with van der Waals surface area (Å²) >= 11 is 3.02. The van der Waals surface area contributed by atoms with Crippen molar-refractivity contribution in [3.63, 3.8) is 0 Å². The molecule has 1 aromatic rings. The minimum atomic E-state index is -2.73. The number of rotatable bonds is 3. The Bertz CT molecular complexity index is 357. The smallest absolute Gasteiger partial charge is 0.280 e. The van der Waals surface area contributed by atoms with Gasteiger partial charge >= 0.3 is 0 Å². The third kappa shape index (κ3) is 2.06. The van der Waals surface area contributed by atoms with Gasteiger partial charge in [-0.2, -0.15) is 0 Å². The first-order chi connectivity index (χ1) is 6.60. The fourth-order valence-corrected chi connectivity index (χ4v) is 1.34. The summed E-state index contributed by atoms with van der Waals surface area (Å²) in [6.07, 6.45) is -2.34. The molecule has 0 aliphatic heterocycles. The van der Waals surface area contributed by atoms with Crippen molar-refractivity contribution >= 4 is 22.2 Å². The molecule has 1 rings (SSSR count). The minimum Gasteiger partial charge on any atom is -0.495 e. The molecule has 0 atom stereocenters. The van der Waals surface area contributed by atoms with Crippen LogP contribution in [0.3, 0.4) is 0 Å². The van der Waals surface area contributed by atoms with E-state index in [9.17, 15) is 13.6 Å². The number of ether oxygens (including phenoxy) is 1. The molecule has 0 spiro atoms. The predicted molar refractivity (Wildman–Crippen MR) is 48.8 cm³/mol. The van der Waals surface area contributed by atoms with Crippen LogP contribution in [-0.4, -0.2) is 18.4 Å². The van der Waals surface area contributed by atoms with Crippen LogP contribution < -0.4 is 4.74 Å². The second-order valence-corrected chi connectivity index (χ2v) is 3.16. The first-order valence-electron chi connectivity index (χ1n) is 3.58. The van der Waals surface area contributed by atoms with Gasteiger partial charge in [-0.1, -0.05) is 0 Å². The second kappa shape index (κ2) is 4.45. The van der Waals surface area contributed by atoms with Crippen LogP contribution in [0.5, 0.6) is 5.75 Å². The molecule has 6 heteroatoms. The van der Waals surface area contributed by atoms with Crippen LogP contribution in [0, 0.1) is 0 Å². The third-order valence-electron chi connectivity index (χ3n) is 1.52. The first-order valence-corrected chi connectivity index (χ1v) is 4.37. The molecule has 0 N–H and O–H groups in total. The van der Waals surface area contributed by atoms with Gasteiger partial charge in [-0.3, -0.25) is 4.79 Å². The number of halogens is 3. The highest BCUT2D eigenvalue weighted by molar-refractivity contribution is 9.10. The molecular weight excluding hydrogens is 260 g/mol. The highest BCUT2D eigenvalue weighted by Gasteiger charge is 2.16. The van der Waals surface area contributed by atoms with Gasteiger partial charge in [0.1, 0.15) is 17.1 Å². The standard InChI is InChI=1S/C8H6BrF2NO2/c1-14-6-2-4(8(10)11)12-5(3-13)7(6)9/h2-3,8H,1H3. The lowest BCUT2D eigenvalue weighted by Gasteiger charge is -2.07. The van der Waals surface area contributed by atoms with E-state index in [1.165, 1.54) is 7.11 Å². The molecule has 0 aliphatic carbocycles. The lowest BCUT2D eigenvalue weighted by molar-refractivity contribution is 0.111. The molecule has 0 saturated carbocycles. The van der Waals surface area contributed by atoms with Crippen molar-refractivity contribution in [1.29, 1.82) is 0 Å².